The Labute approximate surface area is 114 Å². The molecule has 2 rings (SSSR count). The lowest BCUT2D eigenvalue weighted by Gasteiger charge is -2.12. The van der Waals surface area contributed by atoms with Crippen LogP contribution in [-0.4, -0.2) is 35.1 Å². The quantitative estimate of drug-likeness (QED) is 0.824. The van der Waals surface area contributed by atoms with Gasteiger partial charge in [-0.1, -0.05) is 13.0 Å². The number of rotatable bonds is 5. The first kappa shape index (κ1) is 13.6. The SMILES string of the molecule is CCc1ccc2c(c1)nc(CC#N)n2CCN(C)C. The van der Waals surface area contributed by atoms with E-state index in [1.807, 2.05) is 0 Å². The first-order valence-corrected chi connectivity index (χ1v) is 6.65. The topological polar surface area (TPSA) is 44.9 Å². The summed E-state index contributed by atoms with van der Waals surface area (Å²) in [5, 5.41) is 8.93. The molecule has 0 aliphatic carbocycles. The monoisotopic (exact) mass is 256 g/mol. The van der Waals surface area contributed by atoms with Gasteiger partial charge in [-0.2, -0.15) is 5.26 Å². The molecule has 1 aromatic heterocycles. The van der Waals surface area contributed by atoms with E-state index in [1.54, 1.807) is 0 Å². The summed E-state index contributed by atoms with van der Waals surface area (Å²) in [6, 6.07) is 8.60. The number of imidazole rings is 1. The predicted octanol–water partition coefficient (Wildman–Crippen LogP) is 2.23. The minimum atomic E-state index is 0.365. The molecule has 0 saturated heterocycles. The number of aromatic nitrogens is 2. The van der Waals surface area contributed by atoms with Crippen LogP contribution in [0.4, 0.5) is 0 Å². The highest BCUT2D eigenvalue weighted by Crippen LogP contribution is 2.19. The van der Waals surface area contributed by atoms with Crippen LogP contribution in [0, 0.1) is 11.3 Å². The maximum Gasteiger partial charge on any atom is 0.124 e. The number of nitrogens with zero attached hydrogens (tertiary/aromatic N) is 4. The lowest BCUT2D eigenvalue weighted by Crippen LogP contribution is -2.19. The van der Waals surface area contributed by atoms with E-state index in [4.69, 9.17) is 5.26 Å². The van der Waals surface area contributed by atoms with Gasteiger partial charge in [0.15, 0.2) is 0 Å². The number of likely N-dealkylation sites (N-methyl/N-ethyl adjacent to an activating group) is 1. The van der Waals surface area contributed by atoms with E-state index >= 15 is 0 Å². The van der Waals surface area contributed by atoms with Crippen LogP contribution in [0.15, 0.2) is 18.2 Å². The molecule has 2 aromatic rings. The lowest BCUT2D eigenvalue weighted by atomic mass is 10.1. The molecule has 0 radical (unpaired) electrons. The van der Waals surface area contributed by atoms with E-state index in [1.165, 1.54) is 5.56 Å². The highest BCUT2D eigenvalue weighted by molar-refractivity contribution is 5.77. The third-order valence-corrected chi connectivity index (χ3v) is 3.31. The van der Waals surface area contributed by atoms with Gasteiger partial charge in [0, 0.05) is 13.1 Å². The van der Waals surface area contributed by atoms with Crippen molar-refractivity contribution in [3.63, 3.8) is 0 Å². The zero-order chi connectivity index (χ0) is 13.8. The molecule has 0 bridgehead atoms. The molecular weight excluding hydrogens is 236 g/mol. The van der Waals surface area contributed by atoms with Crippen molar-refractivity contribution in [3.05, 3.63) is 29.6 Å². The Morgan fingerprint density at radius 1 is 1.37 bits per heavy atom. The van der Waals surface area contributed by atoms with E-state index in [-0.39, 0.29) is 0 Å². The van der Waals surface area contributed by atoms with Gasteiger partial charge in [0.25, 0.3) is 0 Å². The van der Waals surface area contributed by atoms with Crippen LogP contribution in [-0.2, 0) is 19.4 Å². The van der Waals surface area contributed by atoms with Crippen molar-refractivity contribution in [2.24, 2.45) is 0 Å². The van der Waals surface area contributed by atoms with E-state index < -0.39 is 0 Å². The maximum absolute atomic E-state index is 8.93. The van der Waals surface area contributed by atoms with Gasteiger partial charge in [-0.3, -0.25) is 0 Å². The Bertz CT molecular complexity index is 604. The molecule has 0 aliphatic heterocycles. The minimum absolute atomic E-state index is 0.365. The van der Waals surface area contributed by atoms with Crippen LogP contribution < -0.4 is 0 Å². The van der Waals surface area contributed by atoms with E-state index in [0.717, 1.165) is 36.4 Å². The van der Waals surface area contributed by atoms with Crippen molar-refractivity contribution in [1.29, 1.82) is 5.26 Å². The highest BCUT2D eigenvalue weighted by atomic mass is 15.1. The fourth-order valence-electron chi connectivity index (χ4n) is 2.20. The Hall–Kier alpha value is -1.86. The average Bonchev–Trinajstić information content (AvgIpc) is 2.73. The molecule has 0 unspecified atom stereocenters. The predicted molar refractivity (Wildman–Crippen MR) is 77.0 cm³/mol. The summed E-state index contributed by atoms with van der Waals surface area (Å²) < 4.78 is 2.16. The molecule has 0 saturated carbocycles. The normalized spacial score (nSPS) is 11.1. The van der Waals surface area contributed by atoms with Crippen LogP contribution in [0.3, 0.4) is 0 Å². The molecule has 0 N–H and O–H groups in total. The summed E-state index contributed by atoms with van der Waals surface area (Å²) >= 11 is 0. The highest BCUT2D eigenvalue weighted by Gasteiger charge is 2.10. The Balaban J connectivity index is 2.45. The number of benzene rings is 1. The third kappa shape index (κ3) is 2.94. The summed E-state index contributed by atoms with van der Waals surface area (Å²) in [5.41, 5.74) is 3.42. The molecule has 0 spiro atoms. The summed E-state index contributed by atoms with van der Waals surface area (Å²) in [5.74, 6) is 0.868. The van der Waals surface area contributed by atoms with E-state index in [0.29, 0.717) is 6.42 Å². The first-order valence-electron chi connectivity index (χ1n) is 6.65. The van der Waals surface area contributed by atoms with Crippen molar-refractivity contribution in [2.75, 3.05) is 20.6 Å². The van der Waals surface area contributed by atoms with Gasteiger partial charge in [-0.25, -0.2) is 4.98 Å². The third-order valence-electron chi connectivity index (χ3n) is 3.31. The molecule has 0 atom stereocenters. The zero-order valence-corrected chi connectivity index (χ0v) is 11.8. The van der Waals surface area contributed by atoms with Gasteiger partial charge in [0.2, 0.25) is 0 Å². The van der Waals surface area contributed by atoms with Gasteiger partial charge in [-0.15, -0.1) is 0 Å². The standard InChI is InChI=1S/C15H20N4/c1-4-12-5-6-14-13(11-12)17-15(7-8-16)19(14)10-9-18(2)3/h5-6,11H,4,7,9-10H2,1-3H3. The van der Waals surface area contributed by atoms with Crippen LogP contribution in [0.2, 0.25) is 0 Å². The smallest absolute Gasteiger partial charge is 0.124 e. The van der Waals surface area contributed by atoms with Gasteiger partial charge < -0.3 is 9.47 Å². The Morgan fingerprint density at radius 2 is 2.16 bits per heavy atom. The van der Waals surface area contributed by atoms with Crippen molar-refractivity contribution in [1.82, 2.24) is 14.5 Å². The molecule has 100 valence electrons. The fourth-order valence-corrected chi connectivity index (χ4v) is 2.20. The number of hydrogen-bond acceptors (Lipinski definition) is 3. The van der Waals surface area contributed by atoms with Gasteiger partial charge >= 0.3 is 0 Å². The van der Waals surface area contributed by atoms with E-state index in [9.17, 15) is 0 Å². The van der Waals surface area contributed by atoms with Crippen molar-refractivity contribution in [3.8, 4) is 6.07 Å². The van der Waals surface area contributed by atoms with Crippen LogP contribution in [0.25, 0.3) is 11.0 Å². The first-order chi connectivity index (χ1) is 9.15. The van der Waals surface area contributed by atoms with Gasteiger partial charge in [-0.05, 0) is 38.2 Å². The molecule has 4 nitrogen and oxygen atoms in total. The van der Waals surface area contributed by atoms with Gasteiger partial charge in [0.1, 0.15) is 5.82 Å². The minimum Gasteiger partial charge on any atom is -0.326 e. The molecule has 0 amide bonds. The van der Waals surface area contributed by atoms with E-state index in [2.05, 4.69) is 59.7 Å². The molecule has 1 aromatic carbocycles. The molecule has 19 heavy (non-hydrogen) atoms. The zero-order valence-electron chi connectivity index (χ0n) is 11.8. The second kappa shape index (κ2) is 5.85. The summed E-state index contributed by atoms with van der Waals surface area (Å²) in [6.45, 7) is 3.95. The second-order valence-electron chi connectivity index (χ2n) is 4.99. The lowest BCUT2D eigenvalue weighted by molar-refractivity contribution is 0.384. The summed E-state index contributed by atoms with van der Waals surface area (Å²) in [6.07, 6.45) is 1.37. The number of fused-ring (bicyclic) bond motifs is 1. The average molecular weight is 256 g/mol. The molecule has 4 heteroatoms. The number of nitriles is 1. The number of aryl methyl sites for hydroxylation is 1. The summed E-state index contributed by atoms with van der Waals surface area (Å²) in [7, 11) is 4.11. The Morgan fingerprint density at radius 3 is 2.79 bits per heavy atom. The van der Waals surface area contributed by atoms with Crippen molar-refractivity contribution >= 4 is 11.0 Å². The molecule has 0 fully saturated rings. The van der Waals surface area contributed by atoms with Crippen molar-refractivity contribution < 1.29 is 0 Å². The molecular formula is C15H20N4. The van der Waals surface area contributed by atoms with Crippen LogP contribution >= 0.6 is 0 Å². The number of hydrogen-bond donors (Lipinski definition) is 0. The maximum atomic E-state index is 8.93. The van der Waals surface area contributed by atoms with Crippen LogP contribution in [0.5, 0.6) is 0 Å². The second-order valence-corrected chi connectivity index (χ2v) is 4.99. The molecule has 0 aliphatic rings. The van der Waals surface area contributed by atoms with Crippen molar-refractivity contribution in [2.45, 2.75) is 26.3 Å². The molecule has 1 heterocycles. The fraction of sp³-hybridized carbons (Fsp3) is 0.467. The largest absolute Gasteiger partial charge is 0.326 e. The van der Waals surface area contributed by atoms with Gasteiger partial charge in [0.05, 0.1) is 23.5 Å². The Kier molecular flexibility index (Phi) is 4.18. The van der Waals surface area contributed by atoms with Crippen LogP contribution in [0.1, 0.15) is 18.3 Å². The summed E-state index contributed by atoms with van der Waals surface area (Å²) in [4.78, 5) is 6.75.